The number of halogens is 1. The van der Waals surface area contributed by atoms with Crippen molar-refractivity contribution in [1.29, 1.82) is 0 Å². The molecule has 0 saturated heterocycles. The van der Waals surface area contributed by atoms with Crippen LogP contribution in [0.25, 0.3) is 16.9 Å². The predicted octanol–water partition coefficient (Wildman–Crippen LogP) is 3.42. The molecule has 3 aromatic rings. The molecule has 0 aliphatic rings. The van der Waals surface area contributed by atoms with Crippen LogP contribution >= 0.6 is 11.6 Å². The maximum absolute atomic E-state index is 6.05. The number of pyridine rings is 1. The van der Waals surface area contributed by atoms with Crippen molar-refractivity contribution in [3.63, 3.8) is 0 Å². The van der Waals surface area contributed by atoms with Crippen LogP contribution in [0, 0.1) is 6.92 Å². The third kappa shape index (κ3) is 2.23. The van der Waals surface area contributed by atoms with Crippen LogP contribution in [0.2, 0.25) is 5.02 Å². The summed E-state index contributed by atoms with van der Waals surface area (Å²) in [4.78, 5) is 4.63. The fourth-order valence-electron chi connectivity index (χ4n) is 2.09. The Labute approximate surface area is 116 Å². The number of hydrogen-bond acceptors (Lipinski definition) is 2. The van der Waals surface area contributed by atoms with Crippen molar-refractivity contribution in [3.05, 3.63) is 58.9 Å². The zero-order valence-electron chi connectivity index (χ0n) is 10.6. The highest BCUT2D eigenvalue weighted by Gasteiger charge is 2.06. The summed E-state index contributed by atoms with van der Waals surface area (Å²) < 4.78 is 2.00. The third-order valence-corrected chi connectivity index (χ3v) is 3.64. The van der Waals surface area contributed by atoms with Gasteiger partial charge in [0.05, 0.1) is 5.69 Å². The number of nitrogens with two attached hydrogens (primary N) is 1. The maximum Gasteiger partial charge on any atom is 0.137 e. The summed E-state index contributed by atoms with van der Waals surface area (Å²) in [6.07, 6.45) is 4.00. The van der Waals surface area contributed by atoms with Gasteiger partial charge >= 0.3 is 0 Å². The van der Waals surface area contributed by atoms with E-state index < -0.39 is 0 Å². The molecule has 0 fully saturated rings. The molecule has 0 spiro atoms. The minimum Gasteiger partial charge on any atom is -0.326 e. The fraction of sp³-hybridized carbons (Fsp3) is 0.133. The molecule has 0 bridgehead atoms. The molecule has 0 unspecified atom stereocenters. The Morgan fingerprint density at radius 1 is 1.26 bits per heavy atom. The topological polar surface area (TPSA) is 43.3 Å². The molecule has 19 heavy (non-hydrogen) atoms. The van der Waals surface area contributed by atoms with Gasteiger partial charge in [0.25, 0.3) is 0 Å². The summed E-state index contributed by atoms with van der Waals surface area (Å²) in [5, 5.41) is 0.776. The SMILES string of the molecule is Cc1cc(-c2cn3ccc(CN)cc3n2)ccc1Cl. The number of benzene rings is 1. The summed E-state index contributed by atoms with van der Waals surface area (Å²) in [6, 6.07) is 9.95. The van der Waals surface area contributed by atoms with Crippen molar-refractivity contribution in [2.24, 2.45) is 5.73 Å². The normalized spacial score (nSPS) is 11.1. The minimum atomic E-state index is 0.527. The number of rotatable bonds is 2. The van der Waals surface area contributed by atoms with Gasteiger partial charge in [-0.05, 0) is 42.3 Å². The maximum atomic E-state index is 6.05. The Bertz CT molecular complexity index is 746. The highest BCUT2D eigenvalue weighted by atomic mass is 35.5. The minimum absolute atomic E-state index is 0.527. The molecule has 2 N–H and O–H groups in total. The lowest BCUT2D eigenvalue weighted by molar-refractivity contribution is 1.05. The van der Waals surface area contributed by atoms with Gasteiger partial charge in [-0.3, -0.25) is 0 Å². The first kappa shape index (κ1) is 12.2. The highest BCUT2D eigenvalue weighted by molar-refractivity contribution is 6.31. The van der Waals surface area contributed by atoms with Crippen molar-refractivity contribution in [2.75, 3.05) is 0 Å². The van der Waals surface area contributed by atoms with Gasteiger partial charge in [0.15, 0.2) is 0 Å². The lowest BCUT2D eigenvalue weighted by atomic mass is 10.1. The van der Waals surface area contributed by atoms with E-state index in [0.717, 1.165) is 33.1 Å². The van der Waals surface area contributed by atoms with Crippen LogP contribution in [0.3, 0.4) is 0 Å². The molecule has 1 aromatic carbocycles. The number of aromatic nitrogens is 2. The summed E-state index contributed by atoms with van der Waals surface area (Å²) in [5.74, 6) is 0. The van der Waals surface area contributed by atoms with Gasteiger partial charge in [0.2, 0.25) is 0 Å². The monoisotopic (exact) mass is 271 g/mol. The lowest BCUT2D eigenvalue weighted by Gasteiger charge is -2.00. The molecule has 96 valence electrons. The lowest BCUT2D eigenvalue weighted by Crippen LogP contribution is -1.96. The van der Waals surface area contributed by atoms with E-state index in [1.165, 1.54) is 0 Å². The van der Waals surface area contributed by atoms with Gasteiger partial charge in [0.1, 0.15) is 5.65 Å². The van der Waals surface area contributed by atoms with Gasteiger partial charge in [-0.25, -0.2) is 4.98 Å². The average molecular weight is 272 g/mol. The summed E-state index contributed by atoms with van der Waals surface area (Å²) in [5.41, 5.74) is 10.7. The summed E-state index contributed by atoms with van der Waals surface area (Å²) in [7, 11) is 0. The largest absolute Gasteiger partial charge is 0.326 e. The number of imidazole rings is 1. The first-order valence-corrected chi connectivity index (χ1v) is 6.49. The second-order valence-corrected chi connectivity index (χ2v) is 5.00. The van der Waals surface area contributed by atoms with Crippen molar-refractivity contribution in [2.45, 2.75) is 13.5 Å². The predicted molar refractivity (Wildman–Crippen MR) is 78.3 cm³/mol. The molecule has 2 heterocycles. The third-order valence-electron chi connectivity index (χ3n) is 3.21. The van der Waals surface area contributed by atoms with Crippen molar-refractivity contribution < 1.29 is 0 Å². The molecular formula is C15H14ClN3. The van der Waals surface area contributed by atoms with Gasteiger partial charge in [-0.1, -0.05) is 17.7 Å². The highest BCUT2D eigenvalue weighted by Crippen LogP contribution is 2.24. The van der Waals surface area contributed by atoms with Crippen LogP contribution < -0.4 is 5.73 Å². The van der Waals surface area contributed by atoms with Gasteiger partial charge in [-0.15, -0.1) is 0 Å². The quantitative estimate of drug-likeness (QED) is 0.776. The van der Waals surface area contributed by atoms with Crippen LogP contribution in [0.15, 0.2) is 42.7 Å². The number of fused-ring (bicyclic) bond motifs is 1. The molecule has 0 radical (unpaired) electrons. The standard InChI is InChI=1S/C15H14ClN3/c1-10-6-12(2-3-13(10)16)14-9-19-5-4-11(8-17)7-15(19)18-14/h2-7,9H,8,17H2,1H3. The summed E-state index contributed by atoms with van der Waals surface area (Å²) in [6.45, 7) is 2.52. The first-order valence-electron chi connectivity index (χ1n) is 6.11. The van der Waals surface area contributed by atoms with E-state index in [4.69, 9.17) is 17.3 Å². The summed E-state index contributed by atoms with van der Waals surface area (Å²) >= 11 is 6.05. The second kappa shape index (κ2) is 4.68. The van der Waals surface area contributed by atoms with Crippen molar-refractivity contribution in [1.82, 2.24) is 9.38 Å². The average Bonchev–Trinajstić information content (AvgIpc) is 2.84. The van der Waals surface area contributed by atoms with Crippen molar-refractivity contribution >= 4 is 17.2 Å². The molecule has 0 aliphatic carbocycles. The van der Waals surface area contributed by atoms with Crippen LogP contribution in [-0.4, -0.2) is 9.38 Å². The Morgan fingerprint density at radius 2 is 2.11 bits per heavy atom. The first-order chi connectivity index (χ1) is 9.17. The Hall–Kier alpha value is -1.84. The molecule has 2 aromatic heterocycles. The van der Waals surface area contributed by atoms with E-state index in [1.807, 2.05) is 54.0 Å². The fourth-order valence-corrected chi connectivity index (χ4v) is 2.21. The number of hydrogen-bond donors (Lipinski definition) is 1. The molecule has 4 heteroatoms. The Morgan fingerprint density at radius 3 is 2.84 bits per heavy atom. The van der Waals surface area contributed by atoms with Gasteiger partial charge < -0.3 is 10.1 Å². The molecule has 3 nitrogen and oxygen atoms in total. The van der Waals surface area contributed by atoms with E-state index in [2.05, 4.69) is 4.98 Å². The smallest absolute Gasteiger partial charge is 0.137 e. The molecule has 0 saturated carbocycles. The zero-order valence-corrected chi connectivity index (χ0v) is 11.4. The molecule has 3 rings (SSSR count). The number of aryl methyl sites for hydroxylation is 1. The molecule has 0 amide bonds. The molecular weight excluding hydrogens is 258 g/mol. The Balaban J connectivity index is 2.11. The van der Waals surface area contributed by atoms with E-state index in [1.54, 1.807) is 0 Å². The Kier molecular flexibility index (Phi) is 3.01. The van der Waals surface area contributed by atoms with E-state index in [0.29, 0.717) is 6.54 Å². The van der Waals surface area contributed by atoms with Crippen LogP contribution in [0.4, 0.5) is 0 Å². The van der Waals surface area contributed by atoms with Gasteiger partial charge in [0, 0.05) is 29.5 Å². The van der Waals surface area contributed by atoms with Crippen molar-refractivity contribution in [3.8, 4) is 11.3 Å². The zero-order chi connectivity index (χ0) is 13.4. The van der Waals surface area contributed by atoms with Crippen LogP contribution in [0.5, 0.6) is 0 Å². The molecule has 0 aliphatic heterocycles. The van der Waals surface area contributed by atoms with E-state index in [-0.39, 0.29) is 0 Å². The number of nitrogens with zero attached hydrogens (tertiary/aromatic N) is 2. The van der Waals surface area contributed by atoms with Crippen LogP contribution in [0.1, 0.15) is 11.1 Å². The van der Waals surface area contributed by atoms with Gasteiger partial charge in [-0.2, -0.15) is 0 Å². The van der Waals surface area contributed by atoms with E-state index >= 15 is 0 Å². The molecule has 0 atom stereocenters. The van der Waals surface area contributed by atoms with Crippen LogP contribution in [-0.2, 0) is 6.54 Å². The van der Waals surface area contributed by atoms with E-state index in [9.17, 15) is 0 Å². The second-order valence-electron chi connectivity index (χ2n) is 4.59.